The van der Waals surface area contributed by atoms with Gasteiger partial charge in [0.2, 0.25) is 0 Å². The molecule has 0 bridgehead atoms. The molecule has 0 atom stereocenters. The third-order valence-corrected chi connectivity index (χ3v) is 5.65. The summed E-state index contributed by atoms with van der Waals surface area (Å²) in [4.78, 5) is 38.7. The van der Waals surface area contributed by atoms with Gasteiger partial charge in [-0.2, -0.15) is 0 Å². The second-order valence-corrected chi connectivity index (χ2v) is 8.17. The van der Waals surface area contributed by atoms with E-state index in [4.69, 9.17) is 32.7 Å². The third-order valence-electron chi connectivity index (χ3n) is 5.05. The molecule has 1 fully saturated rings. The summed E-state index contributed by atoms with van der Waals surface area (Å²) in [6, 6.07) is 14.1. The molecule has 1 saturated heterocycles. The molecule has 1 heterocycles. The summed E-state index contributed by atoms with van der Waals surface area (Å²) in [6.45, 7) is 0.104. The van der Waals surface area contributed by atoms with Gasteiger partial charge in [-0.15, -0.1) is 0 Å². The molecular weight excluding hydrogens is 498 g/mol. The highest BCUT2D eigenvalue weighted by Gasteiger charge is 2.37. The Hall–Kier alpha value is -3.88. The minimum absolute atomic E-state index is 0.104. The number of hydrogen-bond acceptors (Lipinski definition) is 5. The lowest BCUT2D eigenvalue weighted by Gasteiger charge is -2.27. The number of carbonyl (C=O) groups is 3. The predicted molar refractivity (Wildman–Crippen MR) is 129 cm³/mol. The van der Waals surface area contributed by atoms with Gasteiger partial charge in [-0.25, -0.2) is 14.1 Å². The molecule has 178 valence electrons. The zero-order valence-electron chi connectivity index (χ0n) is 18.2. The summed E-state index contributed by atoms with van der Waals surface area (Å²) in [5.74, 6) is -1.60. The summed E-state index contributed by atoms with van der Waals surface area (Å²) in [6.07, 6.45) is 1.28. The van der Waals surface area contributed by atoms with Crippen LogP contribution in [0.25, 0.3) is 6.08 Å². The maximum absolute atomic E-state index is 13.1. The van der Waals surface area contributed by atoms with Crippen molar-refractivity contribution in [3.8, 4) is 11.5 Å². The van der Waals surface area contributed by atoms with Crippen LogP contribution in [0.4, 0.5) is 14.9 Å². The second kappa shape index (κ2) is 10.2. The van der Waals surface area contributed by atoms with Gasteiger partial charge in [0.1, 0.15) is 18.0 Å². The van der Waals surface area contributed by atoms with Crippen molar-refractivity contribution < 1.29 is 28.2 Å². The van der Waals surface area contributed by atoms with Crippen molar-refractivity contribution in [1.29, 1.82) is 0 Å². The number of para-hydroxylation sites is 1. The van der Waals surface area contributed by atoms with Gasteiger partial charge in [-0.1, -0.05) is 47.5 Å². The molecule has 4 amide bonds. The van der Waals surface area contributed by atoms with Crippen LogP contribution in [0.2, 0.25) is 10.0 Å². The number of methoxy groups -OCH3 is 1. The molecule has 35 heavy (non-hydrogen) atoms. The van der Waals surface area contributed by atoms with Crippen LogP contribution < -0.4 is 19.7 Å². The number of hydrogen-bond donors (Lipinski definition) is 1. The first-order valence-corrected chi connectivity index (χ1v) is 10.9. The number of anilines is 1. The first-order chi connectivity index (χ1) is 16.8. The van der Waals surface area contributed by atoms with Crippen LogP contribution >= 0.6 is 23.2 Å². The molecule has 3 aromatic carbocycles. The number of rotatable bonds is 6. The van der Waals surface area contributed by atoms with Crippen LogP contribution in [0.5, 0.6) is 11.5 Å². The van der Waals surface area contributed by atoms with Crippen molar-refractivity contribution in [2.24, 2.45) is 0 Å². The highest BCUT2D eigenvalue weighted by atomic mass is 35.5. The van der Waals surface area contributed by atoms with E-state index in [0.29, 0.717) is 11.1 Å². The maximum atomic E-state index is 13.1. The van der Waals surface area contributed by atoms with Crippen molar-refractivity contribution in [2.45, 2.75) is 6.61 Å². The van der Waals surface area contributed by atoms with Crippen molar-refractivity contribution in [3.05, 3.63) is 93.2 Å². The number of imide groups is 2. The van der Waals surface area contributed by atoms with Crippen LogP contribution in [0, 0.1) is 5.82 Å². The molecule has 4 rings (SSSR count). The molecule has 3 aromatic rings. The summed E-state index contributed by atoms with van der Waals surface area (Å²) < 4.78 is 24.3. The Morgan fingerprint density at radius 1 is 1.00 bits per heavy atom. The normalized spacial score (nSPS) is 14.8. The maximum Gasteiger partial charge on any atom is 0.335 e. The molecule has 1 aliphatic rings. The van der Waals surface area contributed by atoms with Gasteiger partial charge in [0.25, 0.3) is 11.8 Å². The molecule has 10 heteroatoms. The van der Waals surface area contributed by atoms with Crippen LogP contribution in [-0.4, -0.2) is 25.0 Å². The minimum atomic E-state index is -0.912. The zero-order valence-corrected chi connectivity index (χ0v) is 19.7. The molecule has 1 aliphatic heterocycles. The Kier molecular flexibility index (Phi) is 7.04. The number of nitrogens with one attached hydrogen (secondary N) is 1. The Morgan fingerprint density at radius 2 is 1.71 bits per heavy atom. The Morgan fingerprint density at radius 3 is 2.40 bits per heavy atom. The van der Waals surface area contributed by atoms with Crippen LogP contribution in [0.15, 0.2) is 66.2 Å². The summed E-state index contributed by atoms with van der Waals surface area (Å²) in [5, 5.41) is 2.46. The topological polar surface area (TPSA) is 84.9 Å². The van der Waals surface area contributed by atoms with E-state index in [1.54, 1.807) is 24.3 Å². The smallest absolute Gasteiger partial charge is 0.335 e. The molecule has 1 N–H and O–H groups in total. The van der Waals surface area contributed by atoms with Gasteiger partial charge >= 0.3 is 6.03 Å². The van der Waals surface area contributed by atoms with Crippen molar-refractivity contribution in [1.82, 2.24) is 5.32 Å². The van der Waals surface area contributed by atoms with Crippen molar-refractivity contribution in [2.75, 3.05) is 12.0 Å². The molecule has 0 saturated carbocycles. The summed E-state index contributed by atoms with van der Waals surface area (Å²) in [7, 11) is 1.41. The van der Waals surface area contributed by atoms with Crippen molar-refractivity contribution in [3.63, 3.8) is 0 Å². The van der Waals surface area contributed by atoms with E-state index in [-0.39, 0.29) is 45.2 Å². The second-order valence-electron chi connectivity index (χ2n) is 7.36. The van der Waals surface area contributed by atoms with Crippen LogP contribution in [-0.2, 0) is 16.2 Å². The number of ether oxygens (including phenoxy) is 2. The average Bonchev–Trinajstić information content (AvgIpc) is 2.83. The molecule has 0 unspecified atom stereocenters. The monoisotopic (exact) mass is 514 g/mol. The Bertz CT molecular complexity index is 1360. The van der Waals surface area contributed by atoms with Gasteiger partial charge in [0.15, 0.2) is 11.5 Å². The van der Waals surface area contributed by atoms with E-state index < -0.39 is 17.8 Å². The number of barbiturate groups is 1. The number of benzene rings is 3. The quantitative estimate of drug-likeness (QED) is 0.352. The van der Waals surface area contributed by atoms with E-state index in [1.165, 1.54) is 49.6 Å². The molecular formula is C25H17Cl2FN2O5. The first-order valence-electron chi connectivity index (χ1n) is 10.2. The number of nitrogens with zero attached hydrogens (tertiary/aromatic N) is 1. The molecule has 0 aromatic heterocycles. The average molecular weight is 515 g/mol. The Balaban J connectivity index is 1.64. The lowest BCUT2D eigenvalue weighted by Crippen LogP contribution is -2.54. The van der Waals surface area contributed by atoms with E-state index in [9.17, 15) is 18.8 Å². The zero-order chi connectivity index (χ0) is 25.1. The molecule has 0 aliphatic carbocycles. The van der Waals surface area contributed by atoms with E-state index in [1.807, 2.05) is 0 Å². The highest BCUT2D eigenvalue weighted by Crippen LogP contribution is 2.38. The van der Waals surface area contributed by atoms with Gasteiger partial charge in [-0.3, -0.25) is 14.9 Å². The number of halogens is 3. The van der Waals surface area contributed by atoms with E-state index in [0.717, 1.165) is 4.90 Å². The number of urea groups is 1. The molecule has 0 spiro atoms. The van der Waals surface area contributed by atoms with Crippen LogP contribution in [0.1, 0.15) is 11.1 Å². The van der Waals surface area contributed by atoms with E-state index >= 15 is 0 Å². The standard InChI is InChI=1S/C25H17Cl2FN2O5/c1-34-21-12-15(11-19(27)22(21)35-13-14-6-8-16(28)9-7-14)10-17-23(31)29-25(33)30(24(17)32)20-5-3-2-4-18(20)26/h2-12H,13H2,1H3,(H,29,31,33)/b17-10+. The summed E-state index contributed by atoms with van der Waals surface area (Å²) in [5.41, 5.74) is 0.898. The molecule has 7 nitrogen and oxygen atoms in total. The first kappa shape index (κ1) is 24.3. The fourth-order valence-electron chi connectivity index (χ4n) is 3.38. The van der Waals surface area contributed by atoms with E-state index in [2.05, 4.69) is 5.32 Å². The van der Waals surface area contributed by atoms with Gasteiger partial charge in [0, 0.05) is 0 Å². The lowest BCUT2D eigenvalue weighted by molar-refractivity contribution is -0.122. The van der Waals surface area contributed by atoms with Gasteiger partial charge < -0.3 is 9.47 Å². The number of amides is 4. The van der Waals surface area contributed by atoms with Gasteiger partial charge in [-0.05, 0) is 53.6 Å². The SMILES string of the molecule is COc1cc(/C=C2\C(=O)NC(=O)N(c3ccccc3Cl)C2=O)cc(Cl)c1OCc1ccc(F)cc1. The van der Waals surface area contributed by atoms with Crippen molar-refractivity contribution >= 4 is 52.8 Å². The predicted octanol–water partition coefficient (Wildman–Crippen LogP) is 5.39. The largest absolute Gasteiger partial charge is 0.493 e. The third kappa shape index (κ3) is 5.13. The minimum Gasteiger partial charge on any atom is -0.493 e. The molecule has 0 radical (unpaired) electrons. The lowest BCUT2D eigenvalue weighted by atomic mass is 10.1. The highest BCUT2D eigenvalue weighted by molar-refractivity contribution is 6.42. The fraction of sp³-hybridized carbons (Fsp3) is 0.0800. The fourth-order valence-corrected chi connectivity index (χ4v) is 3.87. The number of carbonyl (C=O) groups excluding carboxylic acids is 3. The summed E-state index contributed by atoms with van der Waals surface area (Å²) >= 11 is 12.5. The Labute approximate surface area is 209 Å². The van der Waals surface area contributed by atoms with Crippen LogP contribution in [0.3, 0.4) is 0 Å². The van der Waals surface area contributed by atoms with Gasteiger partial charge in [0.05, 0.1) is 22.8 Å².